The van der Waals surface area contributed by atoms with Crippen molar-refractivity contribution in [1.82, 2.24) is 5.43 Å². The normalized spacial score (nSPS) is 12.1. The van der Waals surface area contributed by atoms with Gasteiger partial charge in [-0.3, -0.25) is 5.43 Å². The van der Waals surface area contributed by atoms with E-state index in [9.17, 15) is 9.46 Å². The maximum absolute atomic E-state index is 11.5. The average Bonchev–Trinajstić information content (AvgIpc) is 2.45. The fraction of sp³-hybridized carbons (Fsp3) is 0.364. The maximum Gasteiger partial charge on any atom is 0.537 e. The third-order valence-electron chi connectivity index (χ3n) is 2.54. The van der Waals surface area contributed by atoms with Gasteiger partial charge in [-0.2, -0.15) is 4.89 Å². The van der Waals surface area contributed by atoms with Crippen LogP contribution in [0.3, 0.4) is 0 Å². The van der Waals surface area contributed by atoms with Gasteiger partial charge in [0.1, 0.15) is 0 Å². The molecule has 0 aliphatic carbocycles. The number of hydrazone groups is 1. The molecule has 1 aromatic carbocycles. The molecule has 0 saturated heterocycles. The van der Waals surface area contributed by atoms with Crippen LogP contribution in [0.2, 0.25) is 0 Å². The number of ether oxygens (including phenoxy) is 3. The zero-order valence-electron chi connectivity index (χ0n) is 11.9. The molecule has 2 atom stereocenters. The van der Waals surface area contributed by atoms with Crippen LogP contribution in [0.4, 0.5) is 0 Å². The fourth-order valence-corrected chi connectivity index (χ4v) is 2.21. The number of guanidine groups is 1. The Labute approximate surface area is 122 Å². The second kappa shape index (κ2) is 7.51. The molecule has 0 saturated carbocycles. The largest absolute Gasteiger partial charge is 0.537 e. The van der Waals surface area contributed by atoms with Crippen LogP contribution in [0.15, 0.2) is 17.2 Å². The molecule has 0 spiro atoms. The first-order chi connectivity index (χ1) is 9.94. The van der Waals surface area contributed by atoms with Crippen molar-refractivity contribution in [2.45, 2.75) is 5.78 Å². The van der Waals surface area contributed by atoms with Crippen LogP contribution in [0.5, 0.6) is 17.2 Å². The first kappa shape index (κ1) is 16.8. The minimum atomic E-state index is -2.65. The highest BCUT2D eigenvalue weighted by Gasteiger charge is 2.33. The van der Waals surface area contributed by atoms with Crippen LogP contribution in [0.1, 0.15) is 11.3 Å². The summed E-state index contributed by atoms with van der Waals surface area (Å²) in [6.45, 7) is 0. The van der Waals surface area contributed by atoms with E-state index in [1.807, 2.05) is 0 Å². The molecule has 9 nitrogen and oxygen atoms in total. The van der Waals surface area contributed by atoms with Gasteiger partial charge in [0, 0.05) is 5.56 Å². The molecule has 0 aromatic heterocycles. The van der Waals surface area contributed by atoms with E-state index in [1.165, 1.54) is 33.5 Å². The van der Waals surface area contributed by atoms with E-state index in [1.54, 1.807) is 0 Å². The Morgan fingerprint density at radius 3 is 2.10 bits per heavy atom. The zero-order chi connectivity index (χ0) is 16.0. The Morgan fingerprint density at radius 2 is 1.76 bits per heavy atom. The molecular formula is C11H18N4O5P+. The van der Waals surface area contributed by atoms with E-state index < -0.39 is 13.8 Å². The Balaban J connectivity index is 3.31. The summed E-state index contributed by atoms with van der Waals surface area (Å²) in [5.74, 6) is -0.224. The molecule has 1 unspecified atom stereocenters. The quantitative estimate of drug-likeness (QED) is 0.242. The summed E-state index contributed by atoms with van der Waals surface area (Å²) in [6.07, 6.45) is 0. The van der Waals surface area contributed by atoms with Crippen LogP contribution in [-0.2, 0) is 4.57 Å². The molecule has 0 aliphatic heterocycles. The summed E-state index contributed by atoms with van der Waals surface area (Å²) >= 11 is 0. The molecule has 1 rings (SSSR count). The lowest BCUT2D eigenvalue weighted by atomic mass is 10.2. The second-order valence-corrected chi connectivity index (χ2v) is 4.95. The van der Waals surface area contributed by atoms with Crippen LogP contribution >= 0.6 is 8.03 Å². The minimum absolute atomic E-state index is 0.260. The van der Waals surface area contributed by atoms with Crippen molar-refractivity contribution in [3.8, 4) is 17.2 Å². The van der Waals surface area contributed by atoms with Gasteiger partial charge in [0.2, 0.25) is 11.7 Å². The van der Waals surface area contributed by atoms with E-state index >= 15 is 0 Å². The molecule has 21 heavy (non-hydrogen) atoms. The summed E-state index contributed by atoms with van der Waals surface area (Å²) in [6, 6.07) is 3.06. The third kappa shape index (κ3) is 4.11. The number of benzene rings is 1. The standard InChI is InChI=1S/C11H17N4O5P/c1-18-7-4-6(5-8(19-2)9(7)20-3)10(21(16)17)14-15-11(12)13/h4-5,10,14H,1-3H3,(H4-,12,13,15,16,17)/p+1/t10-/m1/s1. The first-order valence-electron chi connectivity index (χ1n) is 5.73. The predicted molar refractivity (Wildman–Crippen MR) is 77.6 cm³/mol. The lowest BCUT2D eigenvalue weighted by Gasteiger charge is -2.14. The smallest absolute Gasteiger partial charge is 0.493 e. The fourth-order valence-electron chi connectivity index (χ4n) is 1.65. The molecule has 6 N–H and O–H groups in total. The van der Waals surface area contributed by atoms with Crippen LogP contribution in [0.25, 0.3) is 0 Å². The van der Waals surface area contributed by atoms with Crippen molar-refractivity contribution in [1.29, 1.82) is 0 Å². The van der Waals surface area contributed by atoms with Gasteiger partial charge in [0.25, 0.3) is 5.78 Å². The molecule has 0 heterocycles. The highest BCUT2D eigenvalue weighted by Crippen LogP contribution is 2.44. The lowest BCUT2D eigenvalue weighted by Crippen LogP contribution is -2.27. The molecule has 0 fully saturated rings. The van der Waals surface area contributed by atoms with E-state index in [4.69, 9.17) is 25.7 Å². The SMILES string of the molecule is COc1cc([C@H](NN=C(N)N)[P+](=O)O)cc(OC)c1OC. The molecule has 0 bridgehead atoms. The number of rotatable bonds is 7. The Hall–Kier alpha value is -2.25. The lowest BCUT2D eigenvalue weighted by molar-refractivity contribution is 0.323. The van der Waals surface area contributed by atoms with Gasteiger partial charge in [-0.05, 0) is 16.7 Å². The topological polar surface area (TPSA) is 141 Å². The van der Waals surface area contributed by atoms with Gasteiger partial charge in [0.05, 0.1) is 21.3 Å². The number of methoxy groups -OCH3 is 3. The first-order valence-corrected chi connectivity index (χ1v) is 7.02. The predicted octanol–water partition coefficient (Wildman–Crippen LogP) is 0.224. The van der Waals surface area contributed by atoms with Crippen molar-refractivity contribution in [2.24, 2.45) is 16.6 Å². The van der Waals surface area contributed by atoms with Crippen molar-refractivity contribution in [3.05, 3.63) is 17.7 Å². The van der Waals surface area contributed by atoms with Crippen molar-refractivity contribution >= 4 is 14.0 Å². The van der Waals surface area contributed by atoms with Crippen LogP contribution < -0.4 is 31.1 Å². The van der Waals surface area contributed by atoms with Gasteiger partial charge >= 0.3 is 8.03 Å². The monoisotopic (exact) mass is 317 g/mol. The zero-order valence-corrected chi connectivity index (χ0v) is 12.8. The van der Waals surface area contributed by atoms with Gasteiger partial charge in [-0.25, -0.2) is 0 Å². The summed E-state index contributed by atoms with van der Waals surface area (Å²) in [5, 5.41) is 3.54. The molecule has 0 amide bonds. The van der Waals surface area contributed by atoms with E-state index in [0.717, 1.165) is 0 Å². The van der Waals surface area contributed by atoms with Crippen molar-refractivity contribution < 1.29 is 23.7 Å². The summed E-state index contributed by atoms with van der Waals surface area (Å²) in [4.78, 5) is 9.42. The summed E-state index contributed by atoms with van der Waals surface area (Å²) in [5.41, 5.74) is 13.2. The van der Waals surface area contributed by atoms with Crippen LogP contribution in [0, 0.1) is 0 Å². The van der Waals surface area contributed by atoms with Gasteiger partial charge in [-0.15, -0.1) is 5.10 Å². The summed E-state index contributed by atoms with van der Waals surface area (Å²) in [7, 11) is 1.70. The van der Waals surface area contributed by atoms with Crippen molar-refractivity contribution in [2.75, 3.05) is 21.3 Å². The average molecular weight is 317 g/mol. The molecule has 10 heteroatoms. The van der Waals surface area contributed by atoms with Gasteiger partial charge < -0.3 is 25.7 Å². The Kier molecular flexibility index (Phi) is 6.01. The van der Waals surface area contributed by atoms with Crippen LogP contribution in [-0.4, -0.2) is 32.2 Å². The second-order valence-electron chi connectivity index (χ2n) is 3.83. The van der Waals surface area contributed by atoms with Gasteiger partial charge in [-0.1, -0.05) is 0 Å². The number of nitrogens with one attached hydrogen (secondary N) is 1. The summed E-state index contributed by atoms with van der Waals surface area (Å²) < 4.78 is 27.0. The van der Waals surface area contributed by atoms with E-state index in [0.29, 0.717) is 22.8 Å². The Morgan fingerprint density at radius 1 is 1.24 bits per heavy atom. The van der Waals surface area contributed by atoms with Gasteiger partial charge in [0.15, 0.2) is 11.5 Å². The highest BCUT2D eigenvalue weighted by molar-refractivity contribution is 7.38. The molecular weight excluding hydrogens is 299 g/mol. The Bertz CT molecular complexity index is 522. The molecule has 116 valence electrons. The van der Waals surface area contributed by atoms with E-state index in [2.05, 4.69) is 10.5 Å². The van der Waals surface area contributed by atoms with E-state index in [-0.39, 0.29) is 5.96 Å². The molecule has 0 radical (unpaired) electrons. The molecule has 0 aliphatic rings. The number of hydrogen-bond donors (Lipinski definition) is 4. The molecule has 1 aromatic rings. The highest BCUT2D eigenvalue weighted by atomic mass is 31.1. The number of hydrogen-bond acceptors (Lipinski definition) is 6. The third-order valence-corrected chi connectivity index (χ3v) is 3.39. The number of nitrogens with two attached hydrogens (primary N) is 2. The minimum Gasteiger partial charge on any atom is -0.493 e. The number of nitrogens with zero attached hydrogens (tertiary/aromatic N) is 1. The maximum atomic E-state index is 11.5. The van der Waals surface area contributed by atoms with Crippen molar-refractivity contribution in [3.63, 3.8) is 0 Å².